The predicted octanol–water partition coefficient (Wildman–Crippen LogP) is 3.58. The van der Waals surface area contributed by atoms with Crippen molar-refractivity contribution in [2.24, 2.45) is 5.41 Å². The summed E-state index contributed by atoms with van der Waals surface area (Å²) in [7, 11) is 1.41. The first-order valence-corrected chi connectivity index (χ1v) is 13.8. The largest absolute Gasteiger partial charge is 0.598 e. The van der Waals surface area contributed by atoms with Gasteiger partial charge in [-0.05, 0) is 51.9 Å². The quantitative estimate of drug-likeness (QED) is 0.355. The van der Waals surface area contributed by atoms with Gasteiger partial charge < -0.3 is 14.2 Å². The summed E-state index contributed by atoms with van der Waals surface area (Å²) in [6.07, 6.45) is 11.6. The number of anilines is 1. The number of hydrogen-bond donors (Lipinski definition) is 1. The Kier molecular flexibility index (Phi) is 7.47. The number of hydrogen-bond acceptors (Lipinski definition) is 8. The van der Waals surface area contributed by atoms with Gasteiger partial charge in [0.05, 0.1) is 24.5 Å². The zero-order valence-electron chi connectivity index (χ0n) is 20.0. The van der Waals surface area contributed by atoms with Gasteiger partial charge in [0.2, 0.25) is 5.95 Å². The van der Waals surface area contributed by atoms with Gasteiger partial charge in [-0.3, -0.25) is 9.20 Å². The number of nitrogens with zero attached hydrogens (tertiary/aromatic N) is 4. The Morgan fingerprint density at radius 3 is 2.79 bits per heavy atom. The lowest BCUT2D eigenvalue weighted by atomic mass is 9.74. The number of esters is 1. The van der Waals surface area contributed by atoms with Crippen molar-refractivity contribution in [3.8, 4) is 0 Å². The summed E-state index contributed by atoms with van der Waals surface area (Å²) in [5.74, 6) is 1.34. The van der Waals surface area contributed by atoms with E-state index in [-0.39, 0.29) is 16.1 Å². The molecule has 0 radical (unpaired) electrons. The summed E-state index contributed by atoms with van der Waals surface area (Å²) in [5.41, 5.74) is 1.09. The maximum atomic E-state index is 12.8. The van der Waals surface area contributed by atoms with E-state index in [9.17, 15) is 9.35 Å². The highest BCUT2D eigenvalue weighted by atomic mass is 32.2. The molecule has 1 saturated carbocycles. The molecule has 8 nitrogen and oxygen atoms in total. The highest BCUT2D eigenvalue weighted by Crippen LogP contribution is 2.47. The molecule has 3 heterocycles. The van der Waals surface area contributed by atoms with Crippen molar-refractivity contribution in [3.05, 3.63) is 18.6 Å². The molecule has 0 bridgehead atoms. The number of carbonyl (C=O) groups excluding carboxylic acids is 1. The van der Waals surface area contributed by atoms with Crippen molar-refractivity contribution < 1.29 is 14.1 Å². The molecule has 2 aromatic rings. The number of thioether (sulfide) groups is 1. The molecule has 2 fully saturated rings. The molecule has 0 aromatic carbocycles. The smallest absolute Gasteiger partial charge is 0.306 e. The number of ether oxygens (including phenoxy) is 1. The lowest BCUT2D eigenvalue weighted by Gasteiger charge is -2.44. The topological polar surface area (TPSA) is 94.8 Å². The third-order valence-electron chi connectivity index (χ3n) is 6.92. The van der Waals surface area contributed by atoms with Crippen LogP contribution in [0.3, 0.4) is 0 Å². The Bertz CT molecular complexity index is 969. The number of carbonyl (C=O) groups is 1. The Balaban J connectivity index is 1.43. The van der Waals surface area contributed by atoms with Crippen LogP contribution in [0.2, 0.25) is 0 Å². The van der Waals surface area contributed by atoms with Gasteiger partial charge in [-0.15, -0.1) is 16.5 Å². The monoisotopic (exact) mass is 493 g/mol. The first kappa shape index (κ1) is 24.6. The fourth-order valence-electron chi connectivity index (χ4n) is 4.94. The third-order valence-corrected chi connectivity index (χ3v) is 9.54. The van der Waals surface area contributed by atoms with Gasteiger partial charge in [-0.2, -0.15) is 0 Å². The number of rotatable bonds is 7. The maximum absolute atomic E-state index is 12.8. The molecule has 33 heavy (non-hydrogen) atoms. The SMILES string of the molecule is COC(=O)CCSc1cnc(N2CCC3(CCC[C@H]3N[S@+]([O-])C(C)(C)C)CC2)n2ccnc12. The summed E-state index contributed by atoms with van der Waals surface area (Å²) >= 11 is 0.533. The Morgan fingerprint density at radius 1 is 1.33 bits per heavy atom. The predicted molar refractivity (Wildman–Crippen MR) is 133 cm³/mol. The van der Waals surface area contributed by atoms with E-state index >= 15 is 0 Å². The third kappa shape index (κ3) is 5.28. The fraction of sp³-hybridized carbons (Fsp3) is 0.696. The van der Waals surface area contributed by atoms with Crippen molar-refractivity contribution in [3.63, 3.8) is 0 Å². The normalized spacial score (nSPS) is 21.6. The highest BCUT2D eigenvalue weighted by molar-refractivity contribution is 7.99. The number of imidazole rings is 1. The maximum Gasteiger partial charge on any atom is 0.306 e. The first-order valence-electron chi connectivity index (χ1n) is 11.7. The summed E-state index contributed by atoms with van der Waals surface area (Å²) < 4.78 is 22.8. The van der Waals surface area contributed by atoms with Crippen LogP contribution in [-0.4, -0.2) is 61.6 Å². The minimum atomic E-state index is -1.04. The van der Waals surface area contributed by atoms with Crippen LogP contribution >= 0.6 is 11.8 Å². The molecule has 0 amide bonds. The van der Waals surface area contributed by atoms with E-state index < -0.39 is 11.4 Å². The number of methoxy groups -OCH3 is 1. The summed E-state index contributed by atoms with van der Waals surface area (Å²) in [5, 5.41) is 0. The van der Waals surface area contributed by atoms with Crippen molar-refractivity contribution >= 4 is 40.7 Å². The number of nitrogens with one attached hydrogen (secondary N) is 1. The van der Waals surface area contributed by atoms with E-state index in [0.29, 0.717) is 18.2 Å². The van der Waals surface area contributed by atoms with Gasteiger partial charge in [0.25, 0.3) is 0 Å². The van der Waals surface area contributed by atoms with Crippen molar-refractivity contribution in [2.75, 3.05) is 30.9 Å². The van der Waals surface area contributed by atoms with Gasteiger partial charge in [0, 0.05) is 48.8 Å². The van der Waals surface area contributed by atoms with Crippen LogP contribution < -0.4 is 9.62 Å². The van der Waals surface area contributed by atoms with Gasteiger partial charge in [0.15, 0.2) is 5.65 Å². The molecular weight excluding hydrogens is 458 g/mol. The molecule has 2 aromatic heterocycles. The van der Waals surface area contributed by atoms with Crippen LogP contribution in [0.25, 0.3) is 5.65 Å². The van der Waals surface area contributed by atoms with Gasteiger partial charge in [0.1, 0.15) is 4.75 Å². The van der Waals surface area contributed by atoms with Crippen LogP contribution in [0.1, 0.15) is 59.3 Å². The molecule has 10 heteroatoms. The fourth-order valence-corrected chi connectivity index (χ4v) is 6.82. The first-order chi connectivity index (χ1) is 15.7. The molecule has 0 unspecified atom stereocenters. The number of piperidine rings is 1. The Labute approximate surface area is 203 Å². The summed E-state index contributed by atoms with van der Waals surface area (Å²) in [6.45, 7) is 7.93. The summed E-state index contributed by atoms with van der Waals surface area (Å²) in [4.78, 5) is 24.1. The molecule has 1 aliphatic heterocycles. The average Bonchev–Trinajstić information content (AvgIpc) is 3.42. The average molecular weight is 494 g/mol. The van der Waals surface area contributed by atoms with E-state index in [2.05, 4.69) is 19.0 Å². The zero-order valence-corrected chi connectivity index (χ0v) is 21.6. The molecule has 1 spiro atoms. The highest BCUT2D eigenvalue weighted by Gasteiger charge is 2.48. The second kappa shape index (κ2) is 10.0. The lowest BCUT2D eigenvalue weighted by molar-refractivity contribution is -0.140. The van der Waals surface area contributed by atoms with Gasteiger partial charge in [-0.1, -0.05) is 6.42 Å². The Hall–Kier alpha value is -1.49. The molecule has 2 aliphatic rings. The molecule has 2 atom stereocenters. The number of aromatic nitrogens is 3. The molecule has 4 rings (SSSR count). The van der Waals surface area contributed by atoms with Gasteiger partial charge >= 0.3 is 5.97 Å². The molecule has 1 N–H and O–H groups in total. The second-order valence-corrected chi connectivity index (χ2v) is 13.1. The molecular formula is C23H35N5O3S2. The van der Waals surface area contributed by atoms with Crippen LogP contribution in [0.4, 0.5) is 5.95 Å². The lowest BCUT2D eigenvalue weighted by Crippen LogP contribution is -2.53. The second-order valence-electron chi connectivity index (χ2n) is 10.0. The van der Waals surface area contributed by atoms with Crippen LogP contribution in [0, 0.1) is 5.41 Å². The zero-order chi connectivity index (χ0) is 23.6. The number of fused-ring (bicyclic) bond motifs is 1. The van der Waals surface area contributed by atoms with Crippen LogP contribution in [0.5, 0.6) is 0 Å². The van der Waals surface area contributed by atoms with E-state index in [4.69, 9.17) is 9.72 Å². The minimum absolute atomic E-state index is 0.209. The standard InChI is InChI=1S/C23H35N5O3S2/c1-22(2,3)33(30)26-18-6-5-8-23(18)9-12-27(13-10-23)21-25-16-17(20-24-11-14-28(20)21)32-15-7-19(29)31-4/h11,14,16,18,26H,5-10,12-13,15H2,1-4H3/t18-,33-/m1/s1. The van der Waals surface area contributed by atoms with E-state index in [1.54, 1.807) is 18.0 Å². The van der Waals surface area contributed by atoms with E-state index in [1.165, 1.54) is 20.0 Å². The van der Waals surface area contributed by atoms with Crippen molar-refractivity contribution in [1.29, 1.82) is 0 Å². The van der Waals surface area contributed by atoms with Crippen molar-refractivity contribution in [1.82, 2.24) is 19.1 Å². The van der Waals surface area contributed by atoms with Crippen molar-refractivity contribution in [2.45, 2.75) is 75.0 Å². The van der Waals surface area contributed by atoms with Gasteiger partial charge in [-0.25, -0.2) is 9.97 Å². The molecule has 182 valence electrons. The van der Waals surface area contributed by atoms with Crippen LogP contribution in [-0.2, 0) is 20.9 Å². The summed E-state index contributed by atoms with van der Waals surface area (Å²) in [6, 6.07) is 0.314. The minimum Gasteiger partial charge on any atom is -0.598 e. The molecule has 1 saturated heterocycles. The van der Waals surface area contributed by atoms with E-state index in [0.717, 1.165) is 48.8 Å². The van der Waals surface area contributed by atoms with Crippen LogP contribution in [0.15, 0.2) is 23.5 Å². The molecule has 1 aliphatic carbocycles. The van der Waals surface area contributed by atoms with E-state index in [1.807, 2.05) is 33.2 Å². The Morgan fingerprint density at radius 2 is 2.09 bits per heavy atom.